The number of carbonyl (C=O) groups excluding carboxylic acids is 1. The molecule has 0 spiro atoms. The Morgan fingerprint density at radius 2 is 2.38 bits per heavy atom. The summed E-state index contributed by atoms with van der Waals surface area (Å²) in [5, 5.41) is 2.68. The van der Waals surface area contributed by atoms with Gasteiger partial charge in [0.05, 0.1) is 12.8 Å². The van der Waals surface area contributed by atoms with E-state index in [4.69, 9.17) is 10.2 Å². The third-order valence-electron chi connectivity index (χ3n) is 2.02. The van der Waals surface area contributed by atoms with Gasteiger partial charge in [0.25, 0.3) is 5.91 Å². The van der Waals surface area contributed by atoms with Crippen LogP contribution in [0.2, 0.25) is 0 Å². The minimum Gasteiger partial charge on any atom is -0.467 e. The molecular weight excluding hydrogens is 206 g/mol. The first-order valence-electron chi connectivity index (χ1n) is 4.78. The quantitative estimate of drug-likeness (QED) is 0.809. The minimum atomic E-state index is -0.274. The van der Waals surface area contributed by atoms with Crippen molar-refractivity contribution in [2.75, 3.05) is 5.73 Å². The Hall–Kier alpha value is -2.30. The van der Waals surface area contributed by atoms with Crippen molar-refractivity contribution in [1.82, 2.24) is 10.3 Å². The molecule has 3 N–H and O–H groups in total. The van der Waals surface area contributed by atoms with Gasteiger partial charge in [-0.2, -0.15) is 0 Å². The number of anilines is 1. The van der Waals surface area contributed by atoms with Crippen LogP contribution in [-0.4, -0.2) is 10.9 Å². The van der Waals surface area contributed by atoms with Crippen LogP contribution in [0.5, 0.6) is 0 Å². The maximum Gasteiger partial charge on any atom is 0.270 e. The van der Waals surface area contributed by atoms with Gasteiger partial charge in [-0.05, 0) is 24.3 Å². The molecule has 5 nitrogen and oxygen atoms in total. The molecule has 0 bridgehead atoms. The summed E-state index contributed by atoms with van der Waals surface area (Å²) < 4.78 is 5.08. The van der Waals surface area contributed by atoms with E-state index in [0.717, 1.165) is 0 Å². The van der Waals surface area contributed by atoms with Crippen molar-refractivity contribution in [3.05, 3.63) is 48.2 Å². The highest BCUT2D eigenvalue weighted by atomic mass is 16.3. The average Bonchev–Trinajstić information content (AvgIpc) is 2.78. The Kier molecular flexibility index (Phi) is 2.86. The summed E-state index contributed by atoms with van der Waals surface area (Å²) >= 11 is 0. The van der Waals surface area contributed by atoms with Crippen LogP contribution in [0.25, 0.3) is 0 Å². The topological polar surface area (TPSA) is 81.1 Å². The van der Waals surface area contributed by atoms with E-state index in [0.29, 0.717) is 23.7 Å². The largest absolute Gasteiger partial charge is 0.467 e. The van der Waals surface area contributed by atoms with Crippen LogP contribution >= 0.6 is 0 Å². The number of hydrogen-bond donors (Lipinski definition) is 2. The molecule has 82 valence electrons. The first kappa shape index (κ1) is 10.2. The number of furan rings is 1. The van der Waals surface area contributed by atoms with E-state index in [-0.39, 0.29) is 5.91 Å². The maximum atomic E-state index is 11.6. The second kappa shape index (κ2) is 4.48. The van der Waals surface area contributed by atoms with Crippen molar-refractivity contribution in [3.63, 3.8) is 0 Å². The van der Waals surface area contributed by atoms with Gasteiger partial charge in [-0.15, -0.1) is 0 Å². The number of carbonyl (C=O) groups is 1. The molecule has 16 heavy (non-hydrogen) atoms. The normalized spacial score (nSPS) is 10.0. The van der Waals surface area contributed by atoms with Gasteiger partial charge in [0.2, 0.25) is 0 Å². The fourth-order valence-corrected chi connectivity index (χ4v) is 1.24. The van der Waals surface area contributed by atoms with Gasteiger partial charge in [0.15, 0.2) is 0 Å². The molecule has 2 aromatic heterocycles. The zero-order valence-corrected chi connectivity index (χ0v) is 8.51. The molecule has 0 unspecified atom stereocenters. The van der Waals surface area contributed by atoms with Gasteiger partial charge in [-0.1, -0.05) is 0 Å². The van der Waals surface area contributed by atoms with E-state index in [1.807, 2.05) is 0 Å². The molecule has 2 rings (SSSR count). The van der Waals surface area contributed by atoms with Crippen molar-refractivity contribution in [2.24, 2.45) is 0 Å². The smallest absolute Gasteiger partial charge is 0.270 e. The lowest BCUT2D eigenvalue weighted by molar-refractivity contribution is 0.0943. The van der Waals surface area contributed by atoms with Gasteiger partial charge in [0, 0.05) is 11.9 Å². The summed E-state index contributed by atoms with van der Waals surface area (Å²) in [5.41, 5.74) is 6.36. The van der Waals surface area contributed by atoms with E-state index in [9.17, 15) is 4.79 Å². The van der Waals surface area contributed by atoms with Crippen LogP contribution in [0.4, 0.5) is 5.69 Å². The molecule has 5 heteroatoms. The lowest BCUT2D eigenvalue weighted by Crippen LogP contribution is -2.23. The Morgan fingerprint density at radius 3 is 3.06 bits per heavy atom. The van der Waals surface area contributed by atoms with E-state index in [2.05, 4.69) is 10.3 Å². The maximum absolute atomic E-state index is 11.6. The lowest BCUT2D eigenvalue weighted by atomic mass is 10.3. The number of hydrogen-bond acceptors (Lipinski definition) is 4. The summed E-state index contributed by atoms with van der Waals surface area (Å²) in [5.74, 6) is 0.418. The first-order chi connectivity index (χ1) is 7.75. The summed E-state index contributed by atoms with van der Waals surface area (Å²) in [6.07, 6.45) is 3.05. The Balaban J connectivity index is 1.98. The highest BCUT2D eigenvalue weighted by Crippen LogP contribution is 2.04. The number of nitrogens with one attached hydrogen (secondary N) is 1. The highest BCUT2D eigenvalue weighted by molar-refractivity contribution is 5.92. The molecule has 0 fully saturated rings. The van der Waals surface area contributed by atoms with Crippen LogP contribution in [0.15, 0.2) is 41.1 Å². The van der Waals surface area contributed by atoms with Crippen LogP contribution in [0.3, 0.4) is 0 Å². The standard InChI is InChI=1S/C11H11N3O2/c12-8-3-4-13-10(6-8)11(15)14-7-9-2-1-5-16-9/h1-6H,7H2,(H2,12,13)(H,14,15). The minimum absolute atomic E-state index is 0.274. The zero-order valence-electron chi connectivity index (χ0n) is 8.51. The molecule has 0 saturated heterocycles. The molecule has 0 aliphatic carbocycles. The number of nitrogen functional groups attached to an aromatic ring is 1. The van der Waals surface area contributed by atoms with Crippen LogP contribution in [0, 0.1) is 0 Å². The highest BCUT2D eigenvalue weighted by Gasteiger charge is 2.07. The predicted molar refractivity (Wildman–Crippen MR) is 58.5 cm³/mol. The van der Waals surface area contributed by atoms with Crippen LogP contribution in [0.1, 0.15) is 16.2 Å². The fourth-order valence-electron chi connectivity index (χ4n) is 1.24. The molecule has 0 saturated carbocycles. The van der Waals surface area contributed by atoms with Crippen molar-refractivity contribution < 1.29 is 9.21 Å². The summed E-state index contributed by atoms with van der Waals surface area (Å²) in [6, 6.07) is 6.70. The summed E-state index contributed by atoms with van der Waals surface area (Å²) in [6.45, 7) is 0.336. The van der Waals surface area contributed by atoms with E-state index in [1.54, 1.807) is 24.5 Å². The lowest BCUT2D eigenvalue weighted by Gasteiger charge is -2.02. The zero-order chi connectivity index (χ0) is 11.4. The monoisotopic (exact) mass is 217 g/mol. The molecule has 0 radical (unpaired) electrons. The SMILES string of the molecule is Nc1ccnc(C(=O)NCc2ccco2)c1. The average molecular weight is 217 g/mol. The number of aromatic nitrogens is 1. The van der Waals surface area contributed by atoms with Gasteiger partial charge < -0.3 is 15.5 Å². The van der Waals surface area contributed by atoms with Crippen molar-refractivity contribution >= 4 is 11.6 Å². The number of nitrogens with zero attached hydrogens (tertiary/aromatic N) is 1. The van der Waals surface area contributed by atoms with Gasteiger partial charge >= 0.3 is 0 Å². The Labute approximate surface area is 92.3 Å². The second-order valence-corrected chi connectivity index (χ2v) is 3.24. The van der Waals surface area contributed by atoms with Gasteiger partial charge in [-0.3, -0.25) is 9.78 Å². The molecule has 0 aliphatic heterocycles. The van der Waals surface area contributed by atoms with Gasteiger partial charge in [-0.25, -0.2) is 0 Å². The Bertz CT molecular complexity index is 480. The number of amides is 1. The molecule has 2 heterocycles. The third kappa shape index (κ3) is 2.38. The summed E-state index contributed by atoms with van der Waals surface area (Å²) in [4.78, 5) is 15.5. The molecule has 1 amide bonds. The van der Waals surface area contributed by atoms with Crippen molar-refractivity contribution in [3.8, 4) is 0 Å². The fraction of sp³-hybridized carbons (Fsp3) is 0.0909. The molecule has 2 aromatic rings. The summed E-state index contributed by atoms with van der Waals surface area (Å²) in [7, 11) is 0. The van der Waals surface area contributed by atoms with E-state index < -0.39 is 0 Å². The number of rotatable bonds is 3. The van der Waals surface area contributed by atoms with Crippen molar-refractivity contribution in [1.29, 1.82) is 0 Å². The first-order valence-corrected chi connectivity index (χ1v) is 4.78. The van der Waals surface area contributed by atoms with Gasteiger partial charge in [0.1, 0.15) is 11.5 Å². The third-order valence-corrected chi connectivity index (χ3v) is 2.02. The van der Waals surface area contributed by atoms with E-state index >= 15 is 0 Å². The Morgan fingerprint density at radius 1 is 1.50 bits per heavy atom. The van der Waals surface area contributed by atoms with Crippen LogP contribution in [-0.2, 0) is 6.54 Å². The predicted octanol–water partition coefficient (Wildman–Crippen LogP) is 1.19. The number of pyridine rings is 1. The molecular formula is C11H11N3O2. The number of nitrogens with two attached hydrogens (primary N) is 1. The van der Waals surface area contributed by atoms with E-state index in [1.165, 1.54) is 12.3 Å². The van der Waals surface area contributed by atoms with Crippen molar-refractivity contribution in [2.45, 2.75) is 6.54 Å². The molecule has 0 atom stereocenters. The van der Waals surface area contributed by atoms with Crippen LogP contribution < -0.4 is 11.1 Å². The molecule has 0 aromatic carbocycles. The second-order valence-electron chi connectivity index (χ2n) is 3.24. The molecule has 0 aliphatic rings.